The largest absolute Gasteiger partial charge is 0.371 e. The second-order valence-electron chi connectivity index (χ2n) is 6.34. The average molecular weight is 355 g/mol. The normalized spacial score (nSPS) is 17.0. The van der Waals surface area contributed by atoms with E-state index >= 15 is 0 Å². The predicted octanol–water partition coefficient (Wildman–Crippen LogP) is 2.99. The molecule has 2 aromatic heterocycles. The molecular weight excluding hydrogens is 336 g/mol. The molecule has 3 heterocycles. The highest BCUT2D eigenvalue weighted by Crippen LogP contribution is 2.33. The van der Waals surface area contributed by atoms with Crippen molar-refractivity contribution in [3.8, 4) is 0 Å². The van der Waals surface area contributed by atoms with Crippen molar-refractivity contribution in [1.29, 1.82) is 0 Å². The van der Waals surface area contributed by atoms with Crippen LogP contribution in [-0.2, 0) is 0 Å². The van der Waals surface area contributed by atoms with Gasteiger partial charge in [-0.2, -0.15) is 5.10 Å². The van der Waals surface area contributed by atoms with Crippen LogP contribution in [0, 0.1) is 5.92 Å². The molecule has 1 unspecified atom stereocenters. The Kier molecular flexibility index (Phi) is 4.46. The van der Waals surface area contributed by atoms with Crippen LogP contribution in [0.25, 0.3) is 10.9 Å². The van der Waals surface area contributed by atoms with Gasteiger partial charge in [-0.25, -0.2) is 4.98 Å². The van der Waals surface area contributed by atoms with Crippen LogP contribution >= 0.6 is 11.6 Å². The summed E-state index contributed by atoms with van der Waals surface area (Å²) in [5.74, 6) is 0.993. The summed E-state index contributed by atoms with van der Waals surface area (Å²) in [4.78, 5) is 11.1. The lowest BCUT2D eigenvalue weighted by Gasteiger charge is -2.36. The van der Waals surface area contributed by atoms with Crippen LogP contribution in [0.15, 0.2) is 42.9 Å². The van der Waals surface area contributed by atoms with Gasteiger partial charge in [-0.1, -0.05) is 11.6 Å². The van der Waals surface area contributed by atoms with E-state index in [-0.39, 0.29) is 6.04 Å². The van der Waals surface area contributed by atoms with E-state index in [0.29, 0.717) is 16.8 Å². The summed E-state index contributed by atoms with van der Waals surface area (Å²) in [6, 6.07) is 7.77. The number of fused-ring (bicyclic) bond motifs is 1. The van der Waals surface area contributed by atoms with Gasteiger partial charge in [0.1, 0.15) is 0 Å². The number of nitrogens with zero attached hydrogens (tertiary/aromatic N) is 5. The molecular formula is C18H19ClN6. The predicted molar refractivity (Wildman–Crippen MR) is 98.4 cm³/mol. The molecule has 0 spiro atoms. The van der Waals surface area contributed by atoms with Crippen molar-refractivity contribution in [3.05, 3.63) is 53.7 Å². The Labute approximate surface area is 151 Å². The summed E-state index contributed by atoms with van der Waals surface area (Å²) >= 11 is 6.08. The summed E-state index contributed by atoms with van der Waals surface area (Å²) in [5.41, 5.74) is 8.48. The lowest BCUT2D eigenvalue weighted by molar-refractivity contribution is 0.334. The highest BCUT2D eigenvalue weighted by molar-refractivity contribution is 6.31. The minimum absolute atomic E-state index is 0.163. The van der Waals surface area contributed by atoms with Crippen LogP contribution in [0.4, 0.5) is 5.69 Å². The first-order valence-electron chi connectivity index (χ1n) is 8.41. The molecule has 1 saturated heterocycles. The molecule has 128 valence electrons. The van der Waals surface area contributed by atoms with Crippen LogP contribution in [-0.4, -0.2) is 33.3 Å². The van der Waals surface area contributed by atoms with Crippen molar-refractivity contribution >= 4 is 28.2 Å². The van der Waals surface area contributed by atoms with Gasteiger partial charge in [0.05, 0.1) is 17.8 Å². The molecule has 25 heavy (non-hydrogen) atoms. The molecule has 0 amide bonds. The first-order valence-corrected chi connectivity index (χ1v) is 8.78. The van der Waals surface area contributed by atoms with E-state index in [1.807, 2.05) is 24.4 Å². The smallest absolute Gasteiger partial charge is 0.167 e. The van der Waals surface area contributed by atoms with Gasteiger partial charge in [0.25, 0.3) is 0 Å². The fourth-order valence-corrected chi connectivity index (χ4v) is 3.67. The highest BCUT2D eigenvalue weighted by atomic mass is 35.5. The van der Waals surface area contributed by atoms with E-state index in [4.69, 9.17) is 17.3 Å². The number of pyridine rings is 1. The van der Waals surface area contributed by atoms with Gasteiger partial charge in [0, 0.05) is 41.6 Å². The Morgan fingerprint density at radius 1 is 1.08 bits per heavy atom. The van der Waals surface area contributed by atoms with Gasteiger partial charge in [0.2, 0.25) is 0 Å². The van der Waals surface area contributed by atoms with E-state index in [1.165, 1.54) is 5.69 Å². The van der Waals surface area contributed by atoms with Gasteiger partial charge in [-0.3, -0.25) is 4.98 Å². The third-order valence-corrected chi connectivity index (χ3v) is 5.10. The van der Waals surface area contributed by atoms with Gasteiger partial charge in [0.15, 0.2) is 5.82 Å². The second-order valence-corrected chi connectivity index (χ2v) is 6.78. The summed E-state index contributed by atoms with van der Waals surface area (Å²) < 4.78 is 0. The molecule has 2 N–H and O–H groups in total. The van der Waals surface area contributed by atoms with Crippen molar-refractivity contribution in [2.75, 3.05) is 18.0 Å². The number of piperidine rings is 1. The second kappa shape index (κ2) is 6.90. The molecule has 1 atom stereocenters. The van der Waals surface area contributed by atoms with Crippen molar-refractivity contribution in [3.63, 3.8) is 0 Å². The first kappa shape index (κ1) is 16.2. The molecule has 0 radical (unpaired) electrons. The molecule has 0 bridgehead atoms. The molecule has 0 aliphatic carbocycles. The fraction of sp³-hybridized carbons (Fsp3) is 0.333. The molecule has 1 aliphatic heterocycles. The van der Waals surface area contributed by atoms with E-state index in [0.717, 1.165) is 36.8 Å². The van der Waals surface area contributed by atoms with E-state index < -0.39 is 0 Å². The number of rotatable bonds is 3. The standard InChI is InChI=1S/C18H19ClN6/c19-13-1-2-14-15(11-13)21-6-3-16(14)25-9-4-12(5-10-25)17(20)18-22-7-8-23-24-18/h1-3,6-8,11-12,17H,4-5,9-10,20H2. The molecule has 1 aliphatic rings. The average Bonchev–Trinajstić information content (AvgIpc) is 2.67. The maximum Gasteiger partial charge on any atom is 0.167 e. The monoisotopic (exact) mass is 354 g/mol. The van der Waals surface area contributed by atoms with Crippen molar-refractivity contribution in [2.24, 2.45) is 11.7 Å². The van der Waals surface area contributed by atoms with Crippen LogP contribution in [0.2, 0.25) is 5.02 Å². The van der Waals surface area contributed by atoms with Crippen molar-refractivity contribution in [2.45, 2.75) is 18.9 Å². The molecule has 0 saturated carbocycles. The number of hydrogen-bond donors (Lipinski definition) is 1. The molecule has 3 aromatic rings. The number of aromatic nitrogens is 4. The van der Waals surface area contributed by atoms with E-state index in [1.54, 1.807) is 12.4 Å². The SMILES string of the molecule is NC(c1nccnn1)C1CCN(c2ccnc3cc(Cl)ccc23)CC1. The Balaban J connectivity index is 1.51. The Hall–Kier alpha value is -2.31. The Bertz CT molecular complexity index is 864. The summed E-state index contributed by atoms with van der Waals surface area (Å²) in [7, 11) is 0. The molecule has 6 nitrogen and oxygen atoms in total. The van der Waals surface area contributed by atoms with Crippen molar-refractivity contribution in [1.82, 2.24) is 20.2 Å². The highest BCUT2D eigenvalue weighted by Gasteiger charge is 2.27. The van der Waals surface area contributed by atoms with E-state index in [9.17, 15) is 0 Å². The van der Waals surface area contributed by atoms with Crippen LogP contribution < -0.4 is 10.6 Å². The van der Waals surface area contributed by atoms with Crippen LogP contribution in [0.1, 0.15) is 24.7 Å². The lowest BCUT2D eigenvalue weighted by atomic mass is 9.89. The summed E-state index contributed by atoms with van der Waals surface area (Å²) in [5, 5.41) is 9.78. The number of anilines is 1. The molecule has 4 rings (SSSR count). The fourth-order valence-electron chi connectivity index (χ4n) is 3.50. The maximum atomic E-state index is 6.35. The summed E-state index contributed by atoms with van der Waals surface area (Å²) in [6.45, 7) is 1.89. The van der Waals surface area contributed by atoms with Gasteiger partial charge in [-0.05, 0) is 43.0 Å². The number of hydrogen-bond acceptors (Lipinski definition) is 6. The third kappa shape index (κ3) is 3.27. The minimum atomic E-state index is -0.163. The first-order chi connectivity index (χ1) is 12.2. The summed E-state index contributed by atoms with van der Waals surface area (Å²) in [6.07, 6.45) is 7.05. The molecule has 1 aromatic carbocycles. The molecule has 7 heteroatoms. The van der Waals surface area contributed by atoms with Gasteiger partial charge in [-0.15, -0.1) is 5.10 Å². The van der Waals surface area contributed by atoms with Crippen molar-refractivity contribution < 1.29 is 0 Å². The zero-order valence-corrected chi connectivity index (χ0v) is 14.5. The van der Waals surface area contributed by atoms with Crippen LogP contribution in [0.5, 0.6) is 0 Å². The van der Waals surface area contributed by atoms with Gasteiger partial charge >= 0.3 is 0 Å². The topological polar surface area (TPSA) is 80.8 Å². The number of halogens is 1. The number of benzene rings is 1. The van der Waals surface area contributed by atoms with E-state index in [2.05, 4.69) is 31.1 Å². The Morgan fingerprint density at radius 3 is 2.68 bits per heavy atom. The zero-order chi connectivity index (χ0) is 17.2. The zero-order valence-electron chi connectivity index (χ0n) is 13.7. The lowest BCUT2D eigenvalue weighted by Crippen LogP contribution is -2.38. The van der Waals surface area contributed by atoms with Crippen LogP contribution in [0.3, 0.4) is 0 Å². The number of nitrogens with two attached hydrogens (primary N) is 1. The maximum absolute atomic E-state index is 6.35. The third-order valence-electron chi connectivity index (χ3n) is 4.87. The molecule has 1 fully saturated rings. The Morgan fingerprint density at radius 2 is 1.92 bits per heavy atom. The van der Waals surface area contributed by atoms with Gasteiger partial charge < -0.3 is 10.6 Å². The minimum Gasteiger partial charge on any atom is -0.371 e. The quantitative estimate of drug-likeness (QED) is 0.778.